The number of hydrogen-bond acceptors (Lipinski definition) is 3. The second-order valence-corrected chi connectivity index (χ2v) is 5.88. The molecule has 1 amide bonds. The van der Waals surface area contributed by atoms with E-state index in [1.807, 2.05) is 0 Å². The van der Waals surface area contributed by atoms with Gasteiger partial charge in [0, 0.05) is 5.02 Å². The van der Waals surface area contributed by atoms with E-state index in [4.69, 9.17) is 27.9 Å². The van der Waals surface area contributed by atoms with Crippen molar-refractivity contribution in [1.29, 1.82) is 0 Å². The second kappa shape index (κ2) is 8.13. The van der Waals surface area contributed by atoms with Crippen LogP contribution in [-0.2, 0) is 9.53 Å². The van der Waals surface area contributed by atoms with Gasteiger partial charge in [0.05, 0.1) is 16.6 Å². The lowest BCUT2D eigenvalue weighted by Gasteiger charge is -2.14. The molecule has 0 aliphatic heterocycles. The van der Waals surface area contributed by atoms with E-state index < -0.39 is 24.3 Å². The van der Waals surface area contributed by atoms with E-state index in [1.54, 1.807) is 31.2 Å². The molecule has 0 unspecified atom stereocenters. The van der Waals surface area contributed by atoms with Gasteiger partial charge in [0.15, 0.2) is 6.61 Å². The summed E-state index contributed by atoms with van der Waals surface area (Å²) in [6.45, 7) is 1.32. The molecule has 126 valence electrons. The van der Waals surface area contributed by atoms with Gasteiger partial charge in [0.1, 0.15) is 5.82 Å². The lowest BCUT2D eigenvalue weighted by molar-refractivity contribution is -0.124. The van der Waals surface area contributed by atoms with E-state index in [0.717, 1.165) is 17.7 Å². The quantitative estimate of drug-likeness (QED) is 0.804. The van der Waals surface area contributed by atoms with Crippen LogP contribution >= 0.6 is 23.2 Å². The van der Waals surface area contributed by atoms with Crippen LogP contribution in [0.25, 0.3) is 0 Å². The van der Waals surface area contributed by atoms with Crippen molar-refractivity contribution in [2.75, 3.05) is 6.61 Å². The van der Waals surface area contributed by atoms with Crippen molar-refractivity contribution < 1.29 is 18.7 Å². The Morgan fingerprint density at radius 3 is 2.46 bits per heavy atom. The van der Waals surface area contributed by atoms with Crippen LogP contribution in [0.3, 0.4) is 0 Å². The zero-order valence-electron chi connectivity index (χ0n) is 12.7. The zero-order chi connectivity index (χ0) is 17.7. The molecule has 0 saturated carbocycles. The minimum absolute atomic E-state index is 0.00313. The Morgan fingerprint density at radius 2 is 1.83 bits per heavy atom. The van der Waals surface area contributed by atoms with Gasteiger partial charge in [-0.2, -0.15) is 0 Å². The first-order valence-corrected chi connectivity index (χ1v) is 7.79. The number of rotatable bonds is 5. The fourth-order valence-electron chi connectivity index (χ4n) is 1.98. The van der Waals surface area contributed by atoms with Crippen molar-refractivity contribution in [3.05, 3.63) is 69.5 Å². The van der Waals surface area contributed by atoms with Gasteiger partial charge in [-0.1, -0.05) is 35.3 Å². The average molecular weight is 370 g/mol. The molecule has 0 radical (unpaired) electrons. The van der Waals surface area contributed by atoms with Crippen molar-refractivity contribution in [3.63, 3.8) is 0 Å². The third-order valence-corrected chi connectivity index (χ3v) is 3.80. The molecule has 4 nitrogen and oxygen atoms in total. The Hall–Kier alpha value is -2.11. The normalized spacial score (nSPS) is 11.7. The SMILES string of the molecule is C[C@H](NC(=O)COC(=O)c1ccc(F)cc1Cl)c1ccc(Cl)cc1. The van der Waals surface area contributed by atoms with E-state index in [-0.39, 0.29) is 16.6 Å². The number of carbonyl (C=O) groups excluding carboxylic acids is 2. The first-order chi connectivity index (χ1) is 11.4. The van der Waals surface area contributed by atoms with E-state index in [9.17, 15) is 14.0 Å². The van der Waals surface area contributed by atoms with Gasteiger partial charge in [-0.05, 0) is 42.8 Å². The van der Waals surface area contributed by atoms with Gasteiger partial charge in [-0.3, -0.25) is 4.79 Å². The Bertz CT molecular complexity index is 750. The summed E-state index contributed by atoms with van der Waals surface area (Å²) in [6, 6.07) is 10.0. The predicted molar refractivity (Wildman–Crippen MR) is 89.7 cm³/mol. The standard InChI is InChI=1S/C17H14Cl2FNO3/c1-10(11-2-4-12(18)5-3-11)21-16(22)9-24-17(23)14-7-6-13(20)8-15(14)19/h2-8,10H,9H2,1H3,(H,21,22)/t10-/m0/s1. The van der Waals surface area contributed by atoms with E-state index in [0.29, 0.717) is 5.02 Å². The third-order valence-electron chi connectivity index (χ3n) is 3.23. The van der Waals surface area contributed by atoms with E-state index in [1.165, 1.54) is 6.07 Å². The molecule has 2 aromatic rings. The molecule has 0 heterocycles. The average Bonchev–Trinajstić information content (AvgIpc) is 2.53. The maximum atomic E-state index is 12.9. The number of esters is 1. The number of hydrogen-bond donors (Lipinski definition) is 1. The van der Waals surface area contributed by atoms with Gasteiger partial charge in [-0.15, -0.1) is 0 Å². The fraction of sp³-hybridized carbons (Fsp3) is 0.176. The Labute approximate surface area is 148 Å². The molecule has 0 spiro atoms. The minimum Gasteiger partial charge on any atom is -0.452 e. The molecule has 0 aliphatic rings. The summed E-state index contributed by atoms with van der Waals surface area (Å²) in [7, 11) is 0. The molecule has 7 heteroatoms. The smallest absolute Gasteiger partial charge is 0.340 e. The summed E-state index contributed by atoms with van der Waals surface area (Å²) in [6.07, 6.45) is 0. The summed E-state index contributed by atoms with van der Waals surface area (Å²) in [5.41, 5.74) is 0.859. The highest BCUT2D eigenvalue weighted by Crippen LogP contribution is 2.18. The van der Waals surface area contributed by atoms with Gasteiger partial charge in [-0.25, -0.2) is 9.18 Å². The van der Waals surface area contributed by atoms with Crippen molar-refractivity contribution in [1.82, 2.24) is 5.32 Å². The van der Waals surface area contributed by atoms with Crippen molar-refractivity contribution >= 4 is 35.1 Å². The maximum absolute atomic E-state index is 12.9. The number of nitrogens with one attached hydrogen (secondary N) is 1. The monoisotopic (exact) mass is 369 g/mol. The lowest BCUT2D eigenvalue weighted by atomic mass is 10.1. The third kappa shape index (κ3) is 4.94. The van der Waals surface area contributed by atoms with Gasteiger partial charge in [0.25, 0.3) is 5.91 Å². The number of benzene rings is 2. The molecular formula is C17H14Cl2FNO3. The lowest BCUT2D eigenvalue weighted by Crippen LogP contribution is -2.31. The van der Waals surface area contributed by atoms with Crippen LogP contribution in [0.5, 0.6) is 0 Å². The highest BCUT2D eigenvalue weighted by atomic mass is 35.5. The molecule has 2 aromatic carbocycles. The highest BCUT2D eigenvalue weighted by molar-refractivity contribution is 6.33. The molecule has 0 saturated heterocycles. The van der Waals surface area contributed by atoms with Crippen molar-refractivity contribution in [2.24, 2.45) is 0 Å². The number of carbonyl (C=O) groups is 2. The maximum Gasteiger partial charge on any atom is 0.340 e. The zero-order valence-corrected chi connectivity index (χ0v) is 14.2. The topological polar surface area (TPSA) is 55.4 Å². The minimum atomic E-state index is -0.797. The van der Waals surface area contributed by atoms with Crippen LogP contribution in [0.1, 0.15) is 28.9 Å². The summed E-state index contributed by atoms with van der Waals surface area (Å²) < 4.78 is 17.8. The van der Waals surface area contributed by atoms with Crippen LogP contribution in [0.4, 0.5) is 4.39 Å². The van der Waals surface area contributed by atoms with Gasteiger partial charge < -0.3 is 10.1 Å². The summed E-state index contributed by atoms with van der Waals surface area (Å²) in [5.74, 6) is -1.83. The highest BCUT2D eigenvalue weighted by Gasteiger charge is 2.15. The van der Waals surface area contributed by atoms with Crippen LogP contribution in [-0.4, -0.2) is 18.5 Å². The van der Waals surface area contributed by atoms with Gasteiger partial charge in [0.2, 0.25) is 0 Å². The molecule has 1 N–H and O–H groups in total. The van der Waals surface area contributed by atoms with E-state index >= 15 is 0 Å². The second-order valence-electron chi connectivity index (χ2n) is 5.04. The van der Waals surface area contributed by atoms with Crippen LogP contribution in [0.2, 0.25) is 10.0 Å². The van der Waals surface area contributed by atoms with Crippen molar-refractivity contribution in [2.45, 2.75) is 13.0 Å². The van der Waals surface area contributed by atoms with E-state index in [2.05, 4.69) is 5.32 Å². The molecule has 2 rings (SSSR count). The number of halogens is 3. The molecule has 1 atom stereocenters. The van der Waals surface area contributed by atoms with Crippen molar-refractivity contribution in [3.8, 4) is 0 Å². The molecule has 24 heavy (non-hydrogen) atoms. The Morgan fingerprint density at radius 1 is 1.17 bits per heavy atom. The molecule has 0 aliphatic carbocycles. The predicted octanol–water partition coefficient (Wildman–Crippen LogP) is 4.17. The Kier molecular flexibility index (Phi) is 6.17. The summed E-state index contributed by atoms with van der Waals surface area (Å²) in [4.78, 5) is 23.7. The molecule has 0 fully saturated rings. The summed E-state index contributed by atoms with van der Waals surface area (Å²) >= 11 is 11.6. The molecule has 0 aromatic heterocycles. The fourth-order valence-corrected chi connectivity index (χ4v) is 2.35. The van der Waals surface area contributed by atoms with Crippen LogP contribution in [0.15, 0.2) is 42.5 Å². The number of ether oxygens (including phenoxy) is 1. The summed E-state index contributed by atoms with van der Waals surface area (Å²) in [5, 5.41) is 3.22. The Balaban J connectivity index is 1.88. The molecule has 0 bridgehead atoms. The first kappa shape index (κ1) is 18.2. The van der Waals surface area contributed by atoms with Crippen LogP contribution < -0.4 is 5.32 Å². The number of amides is 1. The van der Waals surface area contributed by atoms with Crippen LogP contribution in [0, 0.1) is 5.82 Å². The first-order valence-electron chi connectivity index (χ1n) is 7.04. The van der Waals surface area contributed by atoms with Gasteiger partial charge >= 0.3 is 5.97 Å². The largest absolute Gasteiger partial charge is 0.452 e. The molecular weight excluding hydrogens is 356 g/mol.